The van der Waals surface area contributed by atoms with Gasteiger partial charge >= 0.3 is 0 Å². The van der Waals surface area contributed by atoms with Gasteiger partial charge in [0.1, 0.15) is 5.82 Å². The number of aromatic nitrogens is 1. The molecule has 0 spiro atoms. The van der Waals surface area contributed by atoms with Crippen molar-refractivity contribution >= 4 is 40.9 Å². The van der Waals surface area contributed by atoms with Gasteiger partial charge in [-0.05, 0) is 59.4 Å². The summed E-state index contributed by atoms with van der Waals surface area (Å²) >= 11 is 0. The van der Waals surface area contributed by atoms with Gasteiger partial charge in [0, 0.05) is 44.4 Å². The molecule has 0 saturated carbocycles. The van der Waals surface area contributed by atoms with Crippen molar-refractivity contribution in [2.75, 3.05) is 23.7 Å². The highest BCUT2D eigenvalue weighted by Crippen LogP contribution is 2.24. The van der Waals surface area contributed by atoms with Crippen LogP contribution in [0.4, 0.5) is 11.5 Å². The molecule has 0 radical (unpaired) electrons. The number of nitrogens with zero attached hydrogens (tertiary/aromatic N) is 2. The molecule has 4 rings (SSSR count). The number of carbonyl (C=O) groups is 3. The van der Waals surface area contributed by atoms with Crippen LogP contribution < -0.4 is 10.6 Å². The summed E-state index contributed by atoms with van der Waals surface area (Å²) in [6.07, 6.45) is 8.98. The van der Waals surface area contributed by atoms with Gasteiger partial charge < -0.3 is 15.5 Å². The van der Waals surface area contributed by atoms with Gasteiger partial charge in [-0.25, -0.2) is 4.98 Å². The van der Waals surface area contributed by atoms with Crippen LogP contribution in [0.5, 0.6) is 0 Å². The molecule has 0 atom stereocenters. The summed E-state index contributed by atoms with van der Waals surface area (Å²) in [6, 6.07) is 9.70. The highest BCUT2D eigenvalue weighted by molar-refractivity contribution is 5.94. The SMILES string of the molecule is CC(=O)Nc1ccc(C2=CCN(C(=O)/C=C/c3cnc4c(c3)CCC(=O)N4)CC2)cc1. The van der Waals surface area contributed by atoms with Gasteiger partial charge in [0.05, 0.1) is 0 Å². The van der Waals surface area contributed by atoms with E-state index in [0.717, 1.165) is 28.8 Å². The van der Waals surface area contributed by atoms with E-state index in [1.807, 2.05) is 30.3 Å². The minimum atomic E-state index is -0.0928. The van der Waals surface area contributed by atoms with Crippen LogP contribution in [0, 0.1) is 0 Å². The minimum absolute atomic E-state index is 0.0142. The lowest BCUT2D eigenvalue weighted by atomic mass is 9.99. The highest BCUT2D eigenvalue weighted by atomic mass is 16.2. The van der Waals surface area contributed by atoms with Crippen LogP contribution in [-0.2, 0) is 20.8 Å². The number of amides is 3. The fraction of sp³-hybridized carbons (Fsp3) is 0.250. The van der Waals surface area contributed by atoms with Crippen molar-refractivity contribution in [2.24, 2.45) is 0 Å². The lowest BCUT2D eigenvalue weighted by molar-refractivity contribution is -0.125. The fourth-order valence-corrected chi connectivity index (χ4v) is 3.74. The van der Waals surface area contributed by atoms with E-state index in [0.29, 0.717) is 31.7 Å². The predicted molar refractivity (Wildman–Crippen MR) is 120 cm³/mol. The summed E-state index contributed by atoms with van der Waals surface area (Å²) in [5.41, 5.74) is 4.90. The van der Waals surface area contributed by atoms with E-state index in [9.17, 15) is 14.4 Å². The molecule has 0 fully saturated rings. The van der Waals surface area contributed by atoms with Gasteiger partial charge in [-0.1, -0.05) is 18.2 Å². The number of pyridine rings is 1. The molecule has 3 heterocycles. The largest absolute Gasteiger partial charge is 0.335 e. The van der Waals surface area contributed by atoms with Gasteiger partial charge in [-0.3, -0.25) is 14.4 Å². The standard InChI is InChI=1S/C24H24N4O3/c1-16(29)26-21-6-3-18(4-7-21)19-10-12-28(13-11-19)23(31)9-2-17-14-20-5-8-22(30)27-24(20)25-15-17/h2-4,6-7,9-10,14-15H,5,8,11-13H2,1H3,(H,26,29)(H,25,27,30)/b9-2+. The molecule has 7 heteroatoms. The smallest absolute Gasteiger partial charge is 0.246 e. The molecule has 2 N–H and O–H groups in total. The summed E-state index contributed by atoms with van der Waals surface area (Å²) in [6.45, 7) is 2.69. The van der Waals surface area contributed by atoms with Crippen LogP contribution in [0.25, 0.3) is 11.6 Å². The van der Waals surface area contributed by atoms with Gasteiger partial charge in [-0.2, -0.15) is 0 Å². The molecular weight excluding hydrogens is 392 g/mol. The summed E-state index contributed by atoms with van der Waals surface area (Å²) in [7, 11) is 0. The zero-order valence-electron chi connectivity index (χ0n) is 17.4. The Morgan fingerprint density at radius 3 is 2.68 bits per heavy atom. The van der Waals surface area contributed by atoms with Crippen molar-refractivity contribution in [1.29, 1.82) is 0 Å². The second-order valence-electron chi connectivity index (χ2n) is 7.68. The Bertz CT molecular complexity index is 1090. The maximum Gasteiger partial charge on any atom is 0.246 e. The third kappa shape index (κ3) is 5.06. The molecule has 2 aromatic rings. The maximum atomic E-state index is 12.6. The molecule has 31 heavy (non-hydrogen) atoms. The third-order valence-corrected chi connectivity index (χ3v) is 5.38. The van der Waals surface area contributed by atoms with Crippen LogP contribution in [-0.4, -0.2) is 40.7 Å². The fourth-order valence-electron chi connectivity index (χ4n) is 3.74. The Morgan fingerprint density at radius 1 is 1.16 bits per heavy atom. The molecule has 1 aromatic heterocycles. The molecule has 2 aliphatic rings. The Balaban J connectivity index is 1.36. The van der Waals surface area contributed by atoms with Crippen molar-refractivity contribution in [3.05, 3.63) is 65.4 Å². The number of rotatable bonds is 4. The number of aryl methyl sites for hydroxylation is 1. The number of anilines is 2. The van der Waals surface area contributed by atoms with E-state index in [1.165, 1.54) is 12.5 Å². The van der Waals surface area contributed by atoms with E-state index in [1.54, 1.807) is 23.2 Å². The Morgan fingerprint density at radius 2 is 1.97 bits per heavy atom. The quantitative estimate of drug-likeness (QED) is 0.749. The molecule has 0 unspecified atom stereocenters. The normalized spacial score (nSPS) is 15.8. The Kier molecular flexibility index (Phi) is 5.93. The van der Waals surface area contributed by atoms with Crippen LogP contribution in [0.15, 0.2) is 48.7 Å². The Hall–Kier alpha value is -3.74. The number of fused-ring (bicyclic) bond motifs is 1. The molecule has 2 aliphatic heterocycles. The minimum Gasteiger partial charge on any atom is -0.335 e. The first kappa shape index (κ1) is 20.5. The van der Waals surface area contributed by atoms with Crippen LogP contribution in [0.3, 0.4) is 0 Å². The van der Waals surface area contributed by atoms with E-state index in [2.05, 4.69) is 21.7 Å². The molecule has 0 bridgehead atoms. The molecule has 158 valence electrons. The zero-order valence-corrected chi connectivity index (χ0v) is 17.4. The molecular formula is C24H24N4O3. The molecule has 0 aliphatic carbocycles. The zero-order chi connectivity index (χ0) is 21.8. The summed E-state index contributed by atoms with van der Waals surface area (Å²) in [5, 5.41) is 5.52. The lowest BCUT2D eigenvalue weighted by Gasteiger charge is -2.25. The van der Waals surface area contributed by atoms with E-state index >= 15 is 0 Å². The maximum absolute atomic E-state index is 12.6. The van der Waals surface area contributed by atoms with Crippen molar-refractivity contribution in [3.8, 4) is 0 Å². The number of nitrogens with one attached hydrogen (secondary N) is 2. The van der Waals surface area contributed by atoms with Gasteiger partial charge in [0.2, 0.25) is 17.7 Å². The van der Waals surface area contributed by atoms with Gasteiger partial charge in [0.15, 0.2) is 0 Å². The summed E-state index contributed by atoms with van der Waals surface area (Å²) in [5.74, 6) is 0.463. The molecule has 1 aromatic carbocycles. The number of hydrogen-bond donors (Lipinski definition) is 2. The second kappa shape index (κ2) is 8.95. The predicted octanol–water partition coefficient (Wildman–Crippen LogP) is 3.25. The number of benzene rings is 1. The monoisotopic (exact) mass is 416 g/mol. The average molecular weight is 416 g/mol. The number of carbonyl (C=O) groups excluding carboxylic acids is 3. The summed E-state index contributed by atoms with van der Waals surface area (Å²) < 4.78 is 0. The van der Waals surface area contributed by atoms with Crippen LogP contribution >= 0.6 is 0 Å². The first-order chi connectivity index (χ1) is 15.0. The third-order valence-electron chi connectivity index (χ3n) is 5.38. The lowest BCUT2D eigenvalue weighted by Crippen LogP contribution is -2.33. The molecule has 3 amide bonds. The van der Waals surface area contributed by atoms with E-state index in [-0.39, 0.29) is 17.7 Å². The topological polar surface area (TPSA) is 91.4 Å². The van der Waals surface area contributed by atoms with E-state index in [4.69, 9.17) is 0 Å². The van der Waals surface area contributed by atoms with Gasteiger partial charge in [0.25, 0.3) is 0 Å². The average Bonchev–Trinajstić information content (AvgIpc) is 2.77. The van der Waals surface area contributed by atoms with Crippen molar-refractivity contribution in [1.82, 2.24) is 9.88 Å². The van der Waals surface area contributed by atoms with Crippen molar-refractivity contribution < 1.29 is 14.4 Å². The van der Waals surface area contributed by atoms with Crippen LogP contribution in [0.2, 0.25) is 0 Å². The molecule has 7 nitrogen and oxygen atoms in total. The number of hydrogen-bond acceptors (Lipinski definition) is 4. The van der Waals surface area contributed by atoms with Gasteiger partial charge in [-0.15, -0.1) is 0 Å². The van der Waals surface area contributed by atoms with Crippen molar-refractivity contribution in [3.63, 3.8) is 0 Å². The van der Waals surface area contributed by atoms with E-state index < -0.39 is 0 Å². The summed E-state index contributed by atoms with van der Waals surface area (Å²) in [4.78, 5) is 41.2. The molecule has 0 saturated heterocycles. The second-order valence-corrected chi connectivity index (χ2v) is 7.68. The van der Waals surface area contributed by atoms with Crippen molar-refractivity contribution in [2.45, 2.75) is 26.2 Å². The highest BCUT2D eigenvalue weighted by Gasteiger charge is 2.17. The van der Waals surface area contributed by atoms with Crippen LogP contribution in [0.1, 0.15) is 36.5 Å². The first-order valence-corrected chi connectivity index (χ1v) is 10.3. The first-order valence-electron chi connectivity index (χ1n) is 10.3. The Labute approximate surface area is 180 Å².